The summed E-state index contributed by atoms with van der Waals surface area (Å²) in [6.07, 6.45) is 0. The summed E-state index contributed by atoms with van der Waals surface area (Å²) in [7, 11) is 1.64. The number of nitrogens with zero attached hydrogens (tertiary/aromatic N) is 4. The molecule has 1 aliphatic rings. The average Bonchev–Trinajstić information content (AvgIpc) is 3.36. The summed E-state index contributed by atoms with van der Waals surface area (Å²) < 4.78 is 7.25. The standard InChI is InChI=1S/C23H23N5O2/c1-14-18-13-17(30-3)9-10-19(18)24-20(14)23(29)27-11-12-28-22(15(27)2)25-21(26-28)16-7-5-4-6-8-16/h4-10,13,15,24H,11-12H2,1-3H3/t15-/m0/s1. The number of carbonyl (C=O) groups is 1. The van der Waals surface area contributed by atoms with Crippen LogP contribution in [0.3, 0.4) is 0 Å². The van der Waals surface area contributed by atoms with Crippen molar-refractivity contribution in [1.82, 2.24) is 24.6 Å². The highest BCUT2D eigenvalue weighted by molar-refractivity contribution is 6.01. The van der Waals surface area contributed by atoms with Crippen LogP contribution in [-0.2, 0) is 6.54 Å². The lowest BCUT2D eigenvalue weighted by atomic mass is 10.1. The topological polar surface area (TPSA) is 76.0 Å². The van der Waals surface area contributed by atoms with Gasteiger partial charge in [0.15, 0.2) is 5.82 Å². The van der Waals surface area contributed by atoms with Crippen LogP contribution < -0.4 is 4.74 Å². The number of nitrogens with one attached hydrogen (secondary N) is 1. The van der Waals surface area contributed by atoms with Gasteiger partial charge < -0.3 is 14.6 Å². The van der Waals surface area contributed by atoms with E-state index < -0.39 is 0 Å². The molecule has 30 heavy (non-hydrogen) atoms. The molecule has 0 unspecified atom stereocenters. The lowest BCUT2D eigenvalue weighted by molar-refractivity contribution is 0.0625. The van der Waals surface area contributed by atoms with Gasteiger partial charge in [0.25, 0.3) is 5.91 Å². The number of hydrogen-bond acceptors (Lipinski definition) is 4. The maximum atomic E-state index is 13.4. The highest BCUT2D eigenvalue weighted by Crippen LogP contribution is 2.31. The zero-order valence-electron chi connectivity index (χ0n) is 17.2. The number of hydrogen-bond donors (Lipinski definition) is 1. The van der Waals surface area contributed by atoms with E-state index in [2.05, 4.69) is 10.1 Å². The van der Waals surface area contributed by atoms with Gasteiger partial charge in [0.05, 0.1) is 19.7 Å². The second-order valence-electron chi connectivity index (χ2n) is 7.59. The first-order valence-electron chi connectivity index (χ1n) is 10.0. The number of H-pyrrole nitrogens is 1. The van der Waals surface area contributed by atoms with E-state index in [1.807, 2.05) is 72.0 Å². The highest BCUT2D eigenvalue weighted by Gasteiger charge is 2.32. The van der Waals surface area contributed by atoms with Gasteiger partial charge >= 0.3 is 0 Å². The smallest absolute Gasteiger partial charge is 0.271 e. The number of ether oxygens (including phenoxy) is 1. The predicted molar refractivity (Wildman–Crippen MR) is 114 cm³/mol. The second kappa shape index (κ2) is 7.02. The first-order chi connectivity index (χ1) is 14.6. The molecule has 2 aromatic heterocycles. The molecule has 0 spiro atoms. The monoisotopic (exact) mass is 401 g/mol. The molecule has 3 heterocycles. The summed E-state index contributed by atoms with van der Waals surface area (Å²) >= 11 is 0. The van der Waals surface area contributed by atoms with Crippen molar-refractivity contribution >= 4 is 16.8 Å². The minimum atomic E-state index is -0.170. The van der Waals surface area contributed by atoms with Crippen molar-refractivity contribution in [2.24, 2.45) is 0 Å². The number of aromatic amines is 1. The average molecular weight is 401 g/mol. The van der Waals surface area contributed by atoms with Gasteiger partial charge in [-0.05, 0) is 37.6 Å². The van der Waals surface area contributed by atoms with Gasteiger partial charge in [0.2, 0.25) is 0 Å². The molecule has 152 valence electrons. The van der Waals surface area contributed by atoms with Gasteiger partial charge in [0.1, 0.15) is 17.3 Å². The quantitative estimate of drug-likeness (QED) is 0.564. The molecule has 2 aromatic carbocycles. The third-order valence-electron chi connectivity index (χ3n) is 5.87. The van der Waals surface area contributed by atoms with Gasteiger partial charge in [-0.15, -0.1) is 0 Å². The van der Waals surface area contributed by atoms with E-state index in [4.69, 9.17) is 9.72 Å². The molecule has 1 N–H and O–H groups in total. The third-order valence-corrected chi connectivity index (χ3v) is 5.87. The van der Waals surface area contributed by atoms with E-state index in [9.17, 15) is 4.79 Å². The molecular formula is C23H23N5O2. The van der Waals surface area contributed by atoms with Crippen molar-refractivity contribution in [3.8, 4) is 17.1 Å². The van der Waals surface area contributed by atoms with Crippen LogP contribution in [0.1, 0.15) is 34.8 Å². The number of aromatic nitrogens is 4. The van der Waals surface area contributed by atoms with E-state index in [0.717, 1.165) is 33.6 Å². The highest BCUT2D eigenvalue weighted by atomic mass is 16.5. The number of amides is 1. The van der Waals surface area contributed by atoms with Crippen molar-refractivity contribution in [1.29, 1.82) is 0 Å². The SMILES string of the molecule is COc1ccc2[nH]c(C(=O)N3CCn4nc(-c5ccccc5)nc4[C@@H]3C)c(C)c2c1. The number of fused-ring (bicyclic) bond motifs is 2. The summed E-state index contributed by atoms with van der Waals surface area (Å²) in [5.74, 6) is 2.26. The van der Waals surface area contributed by atoms with Crippen molar-refractivity contribution in [3.63, 3.8) is 0 Å². The van der Waals surface area contributed by atoms with Crippen LogP contribution in [0, 0.1) is 6.92 Å². The van der Waals surface area contributed by atoms with Crippen molar-refractivity contribution < 1.29 is 9.53 Å². The summed E-state index contributed by atoms with van der Waals surface area (Å²) in [5.41, 5.74) is 3.44. The number of aryl methyl sites for hydroxylation is 1. The summed E-state index contributed by atoms with van der Waals surface area (Å²) in [4.78, 5) is 23.4. The van der Waals surface area contributed by atoms with Crippen LogP contribution in [-0.4, -0.2) is 44.2 Å². The van der Waals surface area contributed by atoms with Gasteiger partial charge in [-0.1, -0.05) is 30.3 Å². The number of methoxy groups -OCH3 is 1. The van der Waals surface area contributed by atoms with E-state index in [1.54, 1.807) is 7.11 Å². The Morgan fingerprint density at radius 2 is 1.97 bits per heavy atom. The fraction of sp³-hybridized carbons (Fsp3) is 0.261. The summed E-state index contributed by atoms with van der Waals surface area (Å²) in [5, 5.41) is 5.65. The fourth-order valence-corrected chi connectivity index (χ4v) is 4.14. The van der Waals surface area contributed by atoms with Crippen LogP contribution in [0.5, 0.6) is 5.75 Å². The number of benzene rings is 2. The Hall–Kier alpha value is -3.61. The Labute approximate surface area is 174 Å². The van der Waals surface area contributed by atoms with Gasteiger partial charge in [-0.2, -0.15) is 5.10 Å². The van der Waals surface area contributed by atoms with Crippen molar-refractivity contribution in [2.75, 3.05) is 13.7 Å². The maximum Gasteiger partial charge on any atom is 0.271 e. The van der Waals surface area contributed by atoms with E-state index in [0.29, 0.717) is 24.6 Å². The molecule has 0 saturated heterocycles. The Bertz CT molecular complexity index is 1240. The maximum absolute atomic E-state index is 13.4. The molecule has 4 aromatic rings. The zero-order valence-corrected chi connectivity index (χ0v) is 17.2. The van der Waals surface area contributed by atoms with Gasteiger partial charge in [-0.25, -0.2) is 9.67 Å². The Kier molecular flexibility index (Phi) is 4.31. The molecule has 7 heteroatoms. The Morgan fingerprint density at radius 1 is 1.17 bits per heavy atom. The van der Waals surface area contributed by atoms with Crippen molar-refractivity contribution in [2.45, 2.75) is 26.4 Å². The number of carbonyl (C=O) groups excluding carboxylic acids is 1. The van der Waals surface area contributed by atoms with E-state index >= 15 is 0 Å². The third kappa shape index (κ3) is 2.85. The molecule has 0 saturated carbocycles. The van der Waals surface area contributed by atoms with Crippen molar-refractivity contribution in [3.05, 3.63) is 65.6 Å². The van der Waals surface area contributed by atoms with Crippen LogP contribution in [0.4, 0.5) is 0 Å². The Morgan fingerprint density at radius 3 is 2.73 bits per heavy atom. The first kappa shape index (κ1) is 18.4. The van der Waals surface area contributed by atoms with Crippen LogP contribution in [0.15, 0.2) is 48.5 Å². The first-order valence-corrected chi connectivity index (χ1v) is 10.0. The summed E-state index contributed by atoms with van der Waals surface area (Å²) in [6.45, 7) is 5.19. The number of rotatable bonds is 3. The molecule has 0 radical (unpaired) electrons. The molecule has 0 aliphatic carbocycles. The molecule has 1 amide bonds. The molecule has 1 aliphatic heterocycles. The minimum Gasteiger partial charge on any atom is -0.497 e. The van der Waals surface area contributed by atoms with E-state index in [-0.39, 0.29) is 11.9 Å². The minimum absolute atomic E-state index is 0.0225. The van der Waals surface area contributed by atoms with Gasteiger partial charge in [0, 0.05) is 23.0 Å². The lowest BCUT2D eigenvalue weighted by Gasteiger charge is -2.32. The molecule has 5 rings (SSSR count). The largest absolute Gasteiger partial charge is 0.497 e. The molecule has 0 bridgehead atoms. The molecular weight excluding hydrogens is 378 g/mol. The lowest BCUT2D eigenvalue weighted by Crippen LogP contribution is -2.41. The second-order valence-corrected chi connectivity index (χ2v) is 7.59. The predicted octanol–water partition coefficient (Wildman–Crippen LogP) is 3.96. The molecule has 0 fully saturated rings. The van der Waals surface area contributed by atoms with Gasteiger partial charge in [-0.3, -0.25) is 4.79 Å². The molecule has 7 nitrogen and oxygen atoms in total. The fourth-order valence-electron chi connectivity index (χ4n) is 4.14. The molecule has 1 atom stereocenters. The Balaban J connectivity index is 1.48. The van der Waals surface area contributed by atoms with Crippen LogP contribution in [0.2, 0.25) is 0 Å². The van der Waals surface area contributed by atoms with Crippen LogP contribution in [0.25, 0.3) is 22.3 Å². The summed E-state index contributed by atoms with van der Waals surface area (Å²) in [6, 6.07) is 15.5. The van der Waals surface area contributed by atoms with Crippen LogP contribution >= 0.6 is 0 Å². The zero-order chi connectivity index (χ0) is 20.8. The van der Waals surface area contributed by atoms with E-state index in [1.165, 1.54) is 0 Å². The normalized spacial score (nSPS) is 16.0.